The van der Waals surface area contributed by atoms with Gasteiger partial charge >= 0.3 is 6.03 Å². The topological polar surface area (TPSA) is 96.3 Å². The number of nitrogens with zero attached hydrogens (tertiary/aromatic N) is 5. The second-order valence-corrected chi connectivity index (χ2v) is 10.5. The predicted molar refractivity (Wildman–Crippen MR) is 121 cm³/mol. The van der Waals surface area contributed by atoms with E-state index in [1.54, 1.807) is 0 Å². The molecule has 1 aromatic heterocycles. The first-order valence-electron chi connectivity index (χ1n) is 12.0. The average Bonchev–Trinajstić information content (AvgIpc) is 3.48. The van der Waals surface area contributed by atoms with E-state index in [0.717, 1.165) is 50.7 Å². The molecule has 3 N–H and O–H groups in total. The van der Waals surface area contributed by atoms with E-state index in [9.17, 15) is 9.90 Å². The molecule has 0 radical (unpaired) electrons. The van der Waals surface area contributed by atoms with Crippen LogP contribution in [-0.4, -0.2) is 82.8 Å². The molecule has 1 atom stereocenters. The standard InChI is InChI=1S/C23H33N7O2/c1-23(32)13-30(14-23)19-5-4-17(10-24-19)18-11-29(12-18)22(31)28-8-6-16(7-9-28)21-25-20(26-27-21)15-2-3-15/h4-5,10,15-16,18,21,27,32H,2-3,6-9,11-14H2,1H3,(H,25,26). The number of carbonyl (C=O) groups excluding carboxylic acids is 1. The molecule has 1 unspecified atom stereocenters. The van der Waals surface area contributed by atoms with Crippen LogP contribution in [0.5, 0.6) is 0 Å². The van der Waals surface area contributed by atoms with Crippen molar-refractivity contribution < 1.29 is 9.90 Å². The number of pyridine rings is 1. The first-order chi connectivity index (χ1) is 15.4. The molecule has 0 aromatic carbocycles. The summed E-state index contributed by atoms with van der Waals surface area (Å²) in [6, 6.07) is 4.32. The summed E-state index contributed by atoms with van der Waals surface area (Å²) < 4.78 is 0. The maximum Gasteiger partial charge on any atom is 0.320 e. The van der Waals surface area contributed by atoms with E-state index in [0.29, 0.717) is 30.8 Å². The first-order valence-corrected chi connectivity index (χ1v) is 12.0. The molecular formula is C23H33N7O2. The molecule has 1 aliphatic carbocycles. The van der Waals surface area contributed by atoms with Gasteiger partial charge in [0.25, 0.3) is 0 Å². The number of likely N-dealkylation sites (tertiary alicyclic amines) is 2. The van der Waals surface area contributed by atoms with Gasteiger partial charge in [-0.1, -0.05) is 6.07 Å². The number of aliphatic hydroxyl groups is 1. The molecule has 0 spiro atoms. The highest BCUT2D eigenvalue weighted by Gasteiger charge is 2.40. The Morgan fingerprint density at radius 2 is 1.84 bits per heavy atom. The van der Waals surface area contributed by atoms with Gasteiger partial charge in [0.1, 0.15) is 17.8 Å². The Hall–Kier alpha value is -2.55. The van der Waals surface area contributed by atoms with Crippen LogP contribution in [0.15, 0.2) is 23.4 Å². The second kappa shape index (κ2) is 7.50. The number of β-amino-alcohol motifs (C(OH)–C–C–N with tert-alkyl or cyclic N) is 1. The molecule has 4 aliphatic heterocycles. The lowest BCUT2D eigenvalue weighted by atomic mass is 9.91. The third kappa shape index (κ3) is 3.76. The fraction of sp³-hybridized carbons (Fsp3) is 0.696. The molecule has 9 heteroatoms. The van der Waals surface area contributed by atoms with Gasteiger partial charge in [-0.3, -0.25) is 5.43 Å². The van der Waals surface area contributed by atoms with Crippen LogP contribution in [-0.2, 0) is 0 Å². The molecule has 3 saturated heterocycles. The van der Waals surface area contributed by atoms with E-state index in [2.05, 4.69) is 31.8 Å². The van der Waals surface area contributed by atoms with Gasteiger partial charge in [-0.25, -0.2) is 9.78 Å². The third-order valence-corrected chi connectivity index (χ3v) is 7.65. The fourth-order valence-electron chi connectivity index (χ4n) is 5.39. The largest absolute Gasteiger partial charge is 0.386 e. The van der Waals surface area contributed by atoms with E-state index >= 15 is 0 Å². The number of piperidine rings is 1. The van der Waals surface area contributed by atoms with Gasteiger partial charge in [0.2, 0.25) is 0 Å². The predicted octanol–water partition coefficient (Wildman–Crippen LogP) is 1.13. The van der Waals surface area contributed by atoms with Gasteiger partial charge in [0.05, 0.1) is 5.60 Å². The molecule has 1 aromatic rings. The zero-order valence-corrected chi connectivity index (χ0v) is 18.7. The summed E-state index contributed by atoms with van der Waals surface area (Å²) in [4.78, 5) is 23.6. The summed E-state index contributed by atoms with van der Waals surface area (Å²) in [6.45, 7) is 6.28. The third-order valence-electron chi connectivity index (χ3n) is 7.65. The molecular weight excluding hydrogens is 406 g/mol. The maximum absolute atomic E-state index is 12.9. The highest BCUT2D eigenvalue weighted by Crippen LogP contribution is 2.33. The Kier molecular flexibility index (Phi) is 4.71. The minimum atomic E-state index is -0.596. The zero-order valence-electron chi connectivity index (χ0n) is 18.7. The molecule has 2 amide bonds. The normalized spacial score (nSPS) is 27.9. The number of nitrogens with one attached hydrogen (secondary N) is 2. The van der Waals surface area contributed by atoms with Crippen LogP contribution >= 0.6 is 0 Å². The summed E-state index contributed by atoms with van der Waals surface area (Å²) in [5, 5.41) is 17.9. The lowest BCUT2D eigenvalue weighted by Crippen LogP contribution is -2.60. The van der Waals surface area contributed by atoms with E-state index in [4.69, 9.17) is 0 Å². The van der Waals surface area contributed by atoms with E-state index < -0.39 is 5.60 Å². The minimum absolute atomic E-state index is 0.175. The Bertz CT molecular complexity index is 891. The Morgan fingerprint density at radius 1 is 1.09 bits per heavy atom. The minimum Gasteiger partial charge on any atom is -0.386 e. The fourth-order valence-corrected chi connectivity index (χ4v) is 5.39. The van der Waals surface area contributed by atoms with Gasteiger partial charge < -0.3 is 25.1 Å². The van der Waals surface area contributed by atoms with Crippen LogP contribution in [0.4, 0.5) is 10.6 Å². The van der Waals surface area contributed by atoms with E-state index in [1.807, 2.05) is 29.0 Å². The van der Waals surface area contributed by atoms with Crippen molar-refractivity contribution >= 4 is 17.7 Å². The van der Waals surface area contributed by atoms with Crippen molar-refractivity contribution in [3.05, 3.63) is 23.9 Å². The van der Waals surface area contributed by atoms with E-state index in [-0.39, 0.29) is 12.2 Å². The van der Waals surface area contributed by atoms with Crippen LogP contribution in [0, 0.1) is 11.8 Å². The van der Waals surface area contributed by atoms with Crippen LogP contribution < -0.4 is 15.6 Å². The number of anilines is 1. The number of amidine groups is 1. The lowest BCUT2D eigenvalue weighted by molar-refractivity contribution is 0.0305. The molecule has 5 aliphatic rings. The van der Waals surface area contributed by atoms with Crippen molar-refractivity contribution in [2.24, 2.45) is 16.9 Å². The van der Waals surface area contributed by atoms with Gasteiger partial charge in [0, 0.05) is 63.2 Å². The molecule has 172 valence electrons. The molecule has 1 saturated carbocycles. The quantitative estimate of drug-likeness (QED) is 0.651. The molecule has 5 heterocycles. The Labute approximate surface area is 188 Å². The van der Waals surface area contributed by atoms with Crippen LogP contribution in [0.2, 0.25) is 0 Å². The van der Waals surface area contributed by atoms with Crippen molar-refractivity contribution in [3.8, 4) is 0 Å². The Morgan fingerprint density at radius 3 is 2.47 bits per heavy atom. The summed E-state index contributed by atoms with van der Waals surface area (Å²) >= 11 is 0. The van der Waals surface area contributed by atoms with Gasteiger partial charge in [0.15, 0.2) is 0 Å². The zero-order chi connectivity index (χ0) is 21.9. The van der Waals surface area contributed by atoms with Crippen molar-refractivity contribution in [2.75, 3.05) is 44.2 Å². The molecule has 9 nitrogen and oxygen atoms in total. The van der Waals surface area contributed by atoms with Gasteiger partial charge in [-0.05, 0) is 44.2 Å². The number of hydrazone groups is 1. The number of amides is 2. The monoisotopic (exact) mass is 439 g/mol. The summed E-state index contributed by atoms with van der Waals surface area (Å²) in [5.74, 6) is 3.58. The molecule has 32 heavy (non-hydrogen) atoms. The van der Waals surface area contributed by atoms with Crippen molar-refractivity contribution in [1.82, 2.24) is 25.5 Å². The highest BCUT2D eigenvalue weighted by atomic mass is 16.3. The lowest BCUT2D eigenvalue weighted by Gasteiger charge is -2.45. The number of carbonyl (C=O) groups is 1. The van der Waals surface area contributed by atoms with Crippen molar-refractivity contribution in [3.63, 3.8) is 0 Å². The second-order valence-electron chi connectivity index (χ2n) is 10.5. The van der Waals surface area contributed by atoms with Crippen molar-refractivity contribution in [2.45, 2.75) is 50.3 Å². The number of aromatic nitrogens is 1. The number of hydrogen-bond acceptors (Lipinski definition) is 7. The van der Waals surface area contributed by atoms with E-state index in [1.165, 1.54) is 18.4 Å². The maximum atomic E-state index is 12.9. The van der Waals surface area contributed by atoms with Crippen LogP contribution in [0.25, 0.3) is 0 Å². The van der Waals surface area contributed by atoms with Gasteiger partial charge in [-0.15, -0.1) is 0 Å². The van der Waals surface area contributed by atoms with Gasteiger partial charge in [-0.2, -0.15) is 5.10 Å². The van der Waals surface area contributed by atoms with Crippen LogP contribution in [0.3, 0.4) is 0 Å². The first kappa shape index (κ1) is 20.1. The molecule has 6 rings (SSSR count). The van der Waals surface area contributed by atoms with Crippen molar-refractivity contribution in [1.29, 1.82) is 0 Å². The smallest absolute Gasteiger partial charge is 0.320 e. The average molecular weight is 440 g/mol. The summed E-state index contributed by atoms with van der Waals surface area (Å²) in [5.41, 5.74) is 3.87. The van der Waals surface area contributed by atoms with Crippen LogP contribution in [0.1, 0.15) is 44.1 Å². The summed E-state index contributed by atoms with van der Waals surface area (Å²) in [6.07, 6.45) is 6.69. The number of urea groups is 1. The number of rotatable bonds is 4. The number of hydrogen-bond donors (Lipinski definition) is 3. The molecule has 4 fully saturated rings. The molecule has 0 bridgehead atoms. The SMILES string of the molecule is CC1(O)CN(c2ccc(C3CN(C(=O)N4CCC(C5NN=C(C6CC6)N5)CC4)C3)cn2)C1. The summed E-state index contributed by atoms with van der Waals surface area (Å²) in [7, 11) is 0. The Balaban J connectivity index is 0.949. The highest BCUT2D eigenvalue weighted by molar-refractivity contribution is 5.87.